The number of hydrogen-bond acceptors (Lipinski definition) is 5. The molecule has 4 N–H and O–H groups in total. The zero-order valence-corrected chi connectivity index (χ0v) is 14.6. The number of rotatable bonds is 5. The number of nitrogens with zero attached hydrogens (tertiary/aromatic N) is 1. The van der Waals surface area contributed by atoms with Gasteiger partial charge in [0, 0.05) is 18.8 Å². The second-order valence-electron chi connectivity index (χ2n) is 6.28. The molecule has 1 atom stereocenters. The fourth-order valence-electron chi connectivity index (χ4n) is 3.31. The molecule has 3 amide bonds. The molecule has 2 aliphatic rings. The van der Waals surface area contributed by atoms with E-state index in [1.165, 1.54) is 0 Å². The summed E-state index contributed by atoms with van der Waals surface area (Å²) in [7, 11) is 0. The van der Waals surface area contributed by atoms with E-state index in [0.717, 1.165) is 11.1 Å². The number of hydrogen-bond donors (Lipinski definition) is 3. The van der Waals surface area contributed by atoms with Crippen molar-refractivity contribution in [3.8, 4) is 0 Å². The van der Waals surface area contributed by atoms with Gasteiger partial charge < -0.3 is 21.1 Å². The van der Waals surface area contributed by atoms with Gasteiger partial charge >= 0.3 is 12.0 Å². The van der Waals surface area contributed by atoms with Crippen LogP contribution >= 0.6 is 0 Å². The molecule has 8 heteroatoms. The van der Waals surface area contributed by atoms with Crippen LogP contribution in [0.4, 0.5) is 4.79 Å². The van der Waals surface area contributed by atoms with Crippen LogP contribution in [0.2, 0.25) is 0 Å². The summed E-state index contributed by atoms with van der Waals surface area (Å²) in [6, 6.07) is 6.96. The SMILES string of the molecule is CCOC(=O)C1=C(CN2Cc3ccccc3C[C@H]2C(N)=O)NC(=O)NC1. The third-order valence-electron chi connectivity index (χ3n) is 4.61. The van der Waals surface area contributed by atoms with Crippen LogP contribution in [0.1, 0.15) is 18.1 Å². The number of esters is 1. The zero-order valence-electron chi connectivity index (χ0n) is 14.6. The Bertz CT molecular complexity index is 774. The van der Waals surface area contributed by atoms with E-state index < -0.39 is 17.9 Å². The summed E-state index contributed by atoms with van der Waals surface area (Å²) < 4.78 is 5.07. The van der Waals surface area contributed by atoms with Gasteiger partial charge in [-0.2, -0.15) is 0 Å². The molecule has 0 unspecified atom stereocenters. The van der Waals surface area contributed by atoms with E-state index >= 15 is 0 Å². The van der Waals surface area contributed by atoms with E-state index in [1.807, 2.05) is 29.2 Å². The lowest BCUT2D eigenvalue weighted by Gasteiger charge is -2.36. The number of urea groups is 1. The summed E-state index contributed by atoms with van der Waals surface area (Å²) in [5.74, 6) is -0.916. The third-order valence-corrected chi connectivity index (χ3v) is 4.61. The monoisotopic (exact) mass is 358 g/mol. The molecule has 8 nitrogen and oxygen atoms in total. The van der Waals surface area contributed by atoms with Gasteiger partial charge in [0.2, 0.25) is 5.91 Å². The minimum atomic E-state index is -0.507. The van der Waals surface area contributed by atoms with Crippen LogP contribution in [0.25, 0.3) is 0 Å². The fourth-order valence-corrected chi connectivity index (χ4v) is 3.31. The second kappa shape index (κ2) is 7.57. The molecule has 0 spiro atoms. The highest BCUT2D eigenvalue weighted by Crippen LogP contribution is 2.24. The molecule has 0 saturated carbocycles. The summed E-state index contributed by atoms with van der Waals surface area (Å²) >= 11 is 0. The highest BCUT2D eigenvalue weighted by Gasteiger charge is 2.33. The molecular weight excluding hydrogens is 336 g/mol. The predicted octanol–water partition coefficient (Wildman–Crippen LogP) is 0.0286. The van der Waals surface area contributed by atoms with E-state index in [0.29, 0.717) is 24.2 Å². The van der Waals surface area contributed by atoms with Crippen molar-refractivity contribution in [2.45, 2.75) is 25.9 Å². The summed E-state index contributed by atoms with van der Waals surface area (Å²) in [6.45, 7) is 2.78. The lowest BCUT2D eigenvalue weighted by Crippen LogP contribution is -2.52. The van der Waals surface area contributed by atoms with Gasteiger partial charge in [-0.15, -0.1) is 0 Å². The Hall–Kier alpha value is -2.87. The van der Waals surface area contributed by atoms with E-state index in [2.05, 4.69) is 10.6 Å². The Morgan fingerprint density at radius 3 is 2.73 bits per heavy atom. The van der Waals surface area contributed by atoms with Crippen LogP contribution in [-0.2, 0) is 27.3 Å². The number of fused-ring (bicyclic) bond motifs is 1. The summed E-state index contributed by atoms with van der Waals surface area (Å²) in [5, 5.41) is 5.24. The third kappa shape index (κ3) is 3.70. The molecule has 0 saturated heterocycles. The normalized spacial score (nSPS) is 20.0. The molecule has 2 aliphatic heterocycles. The Morgan fingerprint density at radius 2 is 2.04 bits per heavy atom. The number of benzene rings is 1. The van der Waals surface area contributed by atoms with Crippen molar-refractivity contribution in [2.75, 3.05) is 19.7 Å². The molecule has 1 aromatic rings. The van der Waals surface area contributed by atoms with Crippen LogP contribution < -0.4 is 16.4 Å². The lowest BCUT2D eigenvalue weighted by atomic mass is 9.93. The van der Waals surface area contributed by atoms with Crippen LogP contribution in [0.5, 0.6) is 0 Å². The van der Waals surface area contributed by atoms with Gasteiger partial charge in [-0.1, -0.05) is 24.3 Å². The van der Waals surface area contributed by atoms with Crippen molar-refractivity contribution in [1.29, 1.82) is 0 Å². The molecule has 138 valence electrons. The standard InChI is InChI=1S/C18H22N4O4/c1-2-26-17(24)13-8-20-18(25)21-14(13)10-22-9-12-6-4-3-5-11(12)7-15(22)16(19)23/h3-6,15H,2,7-10H2,1H3,(H2,19,23)(H2,20,21,25)/t15-/m0/s1. The van der Waals surface area contributed by atoms with Crippen LogP contribution in [0, 0.1) is 0 Å². The molecule has 0 aromatic heterocycles. The van der Waals surface area contributed by atoms with Crippen molar-refractivity contribution >= 4 is 17.9 Å². The zero-order chi connectivity index (χ0) is 18.7. The first-order chi connectivity index (χ1) is 12.5. The molecule has 1 aromatic carbocycles. The molecule has 3 rings (SSSR count). The minimum absolute atomic E-state index is 0.0890. The fraction of sp³-hybridized carbons (Fsp3) is 0.389. The van der Waals surface area contributed by atoms with Crippen LogP contribution in [0.3, 0.4) is 0 Å². The number of carbonyl (C=O) groups is 3. The molecule has 0 fully saturated rings. The van der Waals surface area contributed by atoms with Gasteiger partial charge in [0.25, 0.3) is 0 Å². The Kier molecular flexibility index (Phi) is 5.22. The van der Waals surface area contributed by atoms with Crippen molar-refractivity contribution in [3.63, 3.8) is 0 Å². The molecule has 0 radical (unpaired) electrons. The maximum Gasteiger partial charge on any atom is 0.337 e. The minimum Gasteiger partial charge on any atom is -0.463 e. The molecule has 26 heavy (non-hydrogen) atoms. The number of primary amides is 1. The number of amides is 3. The van der Waals surface area contributed by atoms with Crippen LogP contribution in [0.15, 0.2) is 35.5 Å². The largest absolute Gasteiger partial charge is 0.463 e. The first-order valence-corrected chi connectivity index (χ1v) is 8.53. The lowest BCUT2D eigenvalue weighted by molar-refractivity contribution is -0.138. The molecule has 0 bridgehead atoms. The van der Waals surface area contributed by atoms with Gasteiger partial charge in [0.1, 0.15) is 0 Å². The van der Waals surface area contributed by atoms with Crippen LogP contribution in [-0.4, -0.2) is 48.5 Å². The van der Waals surface area contributed by atoms with E-state index in [9.17, 15) is 14.4 Å². The number of carbonyl (C=O) groups excluding carboxylic acids is 3. The Morgan fingerprint density at radius 1 is 1.31 bits per heavy atom. The summed E-state index contributed by atoms with van der Waals surface area (Å²) in [4.78, 5) is 37.8. The first kappa shape index (κ1) is 17.9. The second-order valence-corrected chi connectivity index (χ2v) is 6.28. The van der Waals surface area contributed by atoms with Gasteiger partial charge in [0.15, 0.2) is 0 Å². The van der Waals surface area contributed by atoms with Crippen molar-refractivity contribution < 1.29 is 19.1 Å². The van der Waals surface area contributed by atoms with E-state index in [1.54, 1.807) is 6.92 Å². The van der Waals surface area contributed by atoms with Gasteiger partial charge in [0.05, 0.1) is 24.8 Å². The average Bonchev–Trinajstić information content (AvgIpc) is 2.61. The number of ether oxygens (including phenoxy) is 1. The van der Waals surface area contributed by atoms with E-state index in [-0.39, 0.29) is 25.7 Å². The van der Waals surface area contributed by atoms with Crippen molar-refractivity contribution in [1.82, 2.24) is 15.5 Å². The van der Waals surface area contributed by atoms with Crippen molar-refractivity contribution in [2.24, 2.45) is 5.73 Å². The van der Waals surface area contributed by atoms with Gasteiger partial charge in [-0.05, 0) is 24.5 Å². The Labute approximate surface area is 151 Å². The maximum absolute atomic E-state index is 12.2. The smallest absolute Gasteiger partial charge is 0.337 e. The van der Waals surface area contributed by atoms with E-state index in [4.69, 9.17) is 10.5 Å². The molecule has 0 aliphatic carbocycles. The number of nitrogens with one attached hydrogen (secondary N) is 2. The first-order valence-electron chi connectivity index (χ1n) is 8.53. The highest BCUT2D eigenvalue weighted by molar-refractivity contribution is 5.93. The topological polar surface area (TPSA) is 114 Å². The maximum atomic E-state index is 12.2. The summed E-state index contributed by atoms with van der Waals surface area (Å²) in [5.41, 5.74) is 8.58. The van der Waals surface area contributed by atoms with Crippen molar-refractivity contribution in [3.05, 3.63) is 46.7 Å². The highest BCUT2D eigenvalue weighted by atomic mass is 16.5. The summed E-state index contributed by atoms with van der Waals surface area (Å²) in [6.07, 6.45) is 0.500. The van der Waals surface area contributed by atoms with Gasteiger partial charge in [-0.25, -0.2) is 9.59 Å². The molecular formula is C18H22N4O4. The molecule has 2 heterocycles. The quantitative estimate of drug-likeness (QED) is 0.643. The average molecular weight is 358 g/mol. The van der Waals surface area contributed by atoms with Gasteiger partial charge in [-0.3, -0.25) is 9.69 Å². The predicted molar refractivity (Wildman–Crippen MR) is 93.7 cm³/mol. The Balaban J connectivity index is 1.89. The number of nitrogens with two attached hydrogens (primary N) is 1.